The molecule has 2 aliphatic rings. The fourth-order valence-corrected chi connectivity index (χ4v) is 4.71. The lowest BCUT2D eigenvalue weighted by atomic mass is 9.93. The molecule has 0 radical (unpaired) electrons. The maximum Gasteiger partial charge on any atom is 0.410 e. The van der Waals surface area contributed by atoms with Gasteiger partial charge in [0, 0.05) is 29.7 Å². The van der Waals surface area contributed by atoms with Crippen molar-refractivity contribution in [1.29, 1.82) is 0 Å². The van der Waals surface area contributed by atoms with Crippen LogP contribution < -0.4 is 10.2 Å². The van der Waals surface area contributed by atoms with Gasteiger partial charge < -0.3 is 15.0 Å². The zero-order chi connectivity index (χ0) is 24.0. The molecule has 1 N–H and O–H groups in total. The van der Waals surface area contributed by atoms with Gasteiger partial charge in [-0.05, 0) is 77.3 Å². The van der Waals surface area contributed by atoms with Gasteiger partial charge in [-0.25, -0.2) is 4.79 Å². The molecule has 2 aromatic rings. The van der Waals surface area contributed by atoms with Gasteiger partial charge in [-0.1, -0.05) is 11.6 Å². The second-order valence-electron chi connectivity index (χ2n) is 10.2. The first-order chi connectivity index (χ1) is 15.5. The van der Waals surface area contributed by atoms with Crippen LogP contribution in [-0.4, -0.2) is 46.6 Å². The molecular weight excluding hydrogens is 440 g/mol. The molecule has 1 aromatic heterocycles. The molecular formula is C25H31ClN4O3. The van der Waals surface area contributed by atoms with Gasteiger partial charge in [0.05, 0.1) is 29.3 Å². The van der Waals surface area contributed by atoms with Crippen LogP contribution in [0.25, 0.3) is 0 Å². The number of carbonyl (C=O) groups is 2. The van der Waals surface area contributed by atoms with Crippen molar-refractivity contribution in [3.63, 3.8) is 0 Å². The summed E-state index contributed by atoms with van der Waals surface area (Å²) in [5.74, 6) is -0.0590. The Morgan fingerprint density at radius 2 is 1.88 bits per heavy atom. The van der Waals surface area contributed by atoms with Crippen LogP contribution in [0.5, 0.6) is 0 Å². The van der Waals surface area contributed by atoms with Crippen molar-refractivity contribution < 1.29 is 14.3 Å². The summed E-state index contributed by atoms with van der Waals surface area (Å²) in [6.45, 7) is 10.9. The highest BCUT2D eigenvalue weighted by molar-refractivity contribution is 6.31. The Kier molecular flexibility index (Phi) is 6.03. The van der Waals surface area contributed by atoms with Crippen LogP contribution in [0.15, 0.2) is 36.7 Å². The lowest BCUT2D eigenvalue weighted by molar-refractivity contribution is 0.0210. The first-order valence-electron chi connectivity index (χ1n) is 11.3. The number of ether oxygens (including phenoxy) is 1. The molecule has 4 rings (SSSR count). The van der Waals surface area contributed by atoms with E-state index < -0.39 is 11.1 Å². The fourth-order valence-electron chi connectivity index (χ4n) is 4.54. The maximum atomic E-state index is 13.2. The van der Waals surface area contributed by atoms with Crippen molar-refractivity contribution in [2.24, 2.45) is 0 Å². The number of amides is 2. The molecule has 1 aromatic carbocycles. The highest BCUT2D eigenvalue weighted by atomic mass is 35.5. The lowest BCUT2D eigenvalue weighted by Gasteiger charge is -2.34. The third-order valence-electron chi connectivity index (χ3n) is 6.13. The van der Waals surface area contributed by atoms with Crippen LogP contribution in [-0.2, 0) is 10.3 Å². The first kappa shape index (κ1) is 23.4. The molecule has 33 heavy (non-hydrogen) atoms. The number of carbonyl (C=O) groups excluding carboxylic acids is 2. The number of hydrogen-bond donors (Lipinski definition) is 1. The number of pyridine rings is 1. The molecule has 0 spiro atoms. The van der Waals surface area contributed by atoms with E-state index in [4.69, 9.17) is 16.3 Å². The number of nitrogens with one attached hydrogen (secondary N) is 1. The van der Waals surface area contributed by atoms with Crippen LogP contribution in [0.2, 0.25) is 5.02 Å². The Morgan fingerprint density at radius 1 is 1.18 bits per heavy atom. The molecule has 176 valence electrons. The molecule has 0 aliphatic carbocycles. The number of piperidine rings is 1. The summed E-state index contributed by atoms with van der Waals surface area (Å²) in [7, 11) is 0. The summed E-state index contributed by atoms with van der Waals surface area (Å²) in [5, 5.41) is 4.14. The normalized spacial score (nSPS) is 18.3. The summed E-state index contributed by atoms with van der Waals surface area (Å²) in [5.41, 5.74) is 2.11. The van der Waals surface area contributed by atoms with E-state index in [0.29, 0.717) is 23.7 Å². The number of nitrogens with zero attached hydrogens (tertiary/aromatic N) is 3. The lowest BCUT2D eigenvalue weighted by Crippen LogP contribution is -2.44. The Bertz CT molecular complexity index is 1070. The SMILES string of the molecule is CC(C)(C)OC(=O)N1CCC(Nc2cncc(N3C(=O)c4ccc(Cl)cc4C3(C)C)c2)CC1. The summed E-state index contributed by atoms with van der Waals surface area (Å²) in [4.78, 5) is 33.4. The van der Waals surface area contributed by atoms with Gasteiger partial charge >= 0.3 is 6.09 Å². The number of fused-ring (bicyclic) bond motifs is 1. The highest BCUT2D eigenvalue weighted by Crippen LogP contribution is 2.43. The minimum atomic E-state index is -0.545. The molecule has 0 atom stereocenters. The Balaban J connectivity index is 1.45. The van der Waals surface area contributed by atoms with Crippen molar-refractivity contribution >= 4 is 35.0 Å². The molecule has 8 heteroatoms. The van der Waals surface area contributed by atoms with E-state index in [2.05, 4.69) is 10.3 Å². The molecule has 2 amide bonds. The molecule has 7 nitrogen and oxygen atoms in total. The van der Waals surface area contributed by atoms with Gasteiger partial charge in [0.1, 0.15) is 5.60 Å². The molecule has 1 fully saturated rings. The second-order valence-corrected chi connectivity index (χ2v) is 10.6. The van der Waals surface area contributed by atoms with Gasteiger partial charge in [0.15, 0.2) is 0 Å². The second kappa shape index (κ2) is 8.52. The zero-order valence-electron chi connectivity index (χ0n) is 19.8. The summed E-state index contributed by atoms with van der Waals surface area (Å²) >= 11 is 6.20. The predicted molar refractivity (Wildman–Crippen MR) is 130 cm³/mol. The van der Waals surface area contributed by atoms with Gasteiger partial charge in [0.2, 0.25) is 0 Å². The number of anilines is 2. The van der Waals surface area contributed by atoms with Gasteiger partial charge in [-0.15, -0.1) is 0 Å². The number of halogens is 1. The number of likely N-dealkylation sites (tertiary alicyclic amines) is 1. The molecule has 0 saturated carbocycles. The van der Waals surface area contributed by atoms with Crippen molar-refractivity contribution in [3.8, 4) is 0 Å². The molecule has 0 unspecified atom stereocenters. The quantitative estimate of drug-likeness (QED) is 0.646. The van der Waals surface area contributed by atoms with E-state index in [1.807, 2.05) is 46.8 Å². The van der Waals surface area contributed by atoms with E-state index >= 15 is 0 Å². The molecule has 0 bridgehead atoms. The van der Waals surface area contributed by atoms with E-state index in [1.54, 1.807) is 34.3 Å². The number of benzene rings is 1. The van der Waals surface area contributed by atoms with Crippen LogP contribution in [0.1, 0.15) is 63.4 Å². The largest absolute Gasteiger partial charge is 0.444 e. The van der Waals surface area contributed by atoms with E-state index in [-0.39, 0.29) is 18.0 Å². The average molecular weight is 471 g/mol. The molecule has 3 heterocycles. The highest BCUT2D eigenvalue weighted by Gasteiger charge is 2.44. The third kappa shape index (κ3) is 4.78. The van der Waals surface area contributed by atoms with Crippen LogP contribution in [0.3, 0.4) is 0 Å². The first-order valence-corrected chi connectivity index (χ1v) is 11.7. The van der Waals surface area contributed by atoms with Crippen molar-refractivity contribution in [2.45, 2.75) is 64.6 Å². The van der Waals surface area contributed by atoms with Crippen molar-refractivity contribution in [2.75, 3.05) is 23.3 Å². The van der Waals surface area contributed by atoms with Crippen LogP contribution in [0.4, 0.5) is 16.2 Å². The predicted octanol–water partition coefficient (Wildman–Crippen LogP) is 5.44. The average Bonchev–Trinajstić information content (AvgIpc) is 2.92. The fraction of sp³-hybridized carbons (Fsp3) is 0.480. The van der Waals surface area contributed by atoms with Crippen molar-refractivity contribution in [3.05, 3.63) is 52.8 Å². The molecule has 2 aliphatic heterocycles. The minimum Gasteiger partial charge on any atom is -0.444 e. The monoisotopic (exact) mass is 470 g/mol. The Hall–Kier alpha value is -2.80. The number of rotatable bonds is 3. The van der Waals surface area contributed by atoms with Gasteiger partial charge in [-0.3, -0.25) is 14.7 Å². The number of hydrogen-bond acceptors (Lipinski definition) is 5. The van der Waals surface area contributed by atoms with E-state index in [1.165, 1.54) is 0 Å². The zero-order valence-corrected chi connectivity index (χ0v) is 20.6. The van der Waals surface area contributed by atoms with Gasteiger partial charge in [0.25, 0.3) is 5.91 Å². The topological polar surface area (TPSA) is 74.8 Å². The summed E-state index contributed by atoms with van der Waals surface area (Å²) in [6.07, 6.45) is 4.83. The summed E-state index contributed by atoms with van der Waals surface area (Å²) in [6, 6.07) is 7.57. The van der Waals surface area contributed by atoms with Crippen LogP contribution >= 0.6 is 11.6 Å². The van der Waals surface area contributed by atoms with Crippen LogP contribution in [0, 0.1) is 0 Å². The Morgan fingerprint density at radius 3 is 2.55 bits per heavy atom. The maximum absolute atomic E-state index is 13.2. The minimum absolute atomic E-state index is 0.0590. The Labute approximate surface area is 200 Å². The van der Waals surface area contributed by atoms with E-state index in [0.717, 1.165) is 29.8 Å². The summed E-state index contributed by atoms with van der Waals surface area (Å²) < 4.78 is 5.48. The van der Waals surface area contributed by atoms with Gasteiger partial charge in [-0.2, -0.15) is 0 Å². The van der Waals surface area contributed by atoms with Crippen molar-refractivity contribution in [1.82, 2.24) is 9.88 Å². The standard InChI is InChI=1S/C25H31ClN4O3/c1-24(2,3)33-23(32)29-10-8-17(9-11-29)28-18-13-19(15-27-14-18)30-22(31)20-7-6-16(26)12-21(20)25(30,4)5/h6-7,12-15,17,28H,8-11H2,1-5H3. The third-order valence-corrected chi connectivity index (χ3v) is 6.37. The van der Waals surface area contributed by atoms with E-state index in [9.17, 15) is 9.59 Å². The smallest absolute Gasteiger partial charge is 0.410 e. The number of aromatic nitrogens is 1. The molecule has 1 saturated heterocycles.